The van der Waals surface area contributed by atoms with Crippen LogP contribution in [0.5, 0.6) is 0 Å². The van der Waals surface area contributed by atoms with Gasteiger partial charge in [-0.05, 0) is 7.05 Å². The summed E-state index contributed by atoms with van der Waals surface area (Å²) in [4.78, 5) is 20.9. The third-order valence-electron chi connectivity index (χ3n) is 1.28. The first kappa shape index (κ1) is 7.17. The van der Waals surface area contributed by atoms with Crippen LogP contribution in [0.4, 0.5) is 0 Å². The fourth-order valence-corrected chi connectivity index (χ4v) is 0.713. The van der Waals surface area contributed by atoms with Crippen LogP contribution in [-0.2, 0) is 14.3 Å². The minimum Gasteiger partial charge on any atom is -0.437 e. The molecule has 0 aromatic heterocycles. The molecule has 1 heterocycles. The predicted octanol–water partition coefficient (Wildman–Crippen LogP) is -1.98. The molecule has 0 bridgehead atoms. The van der Waals surface area contributed by atoms with E-state index in [0.717, 1.165) is 0 Å². The lowest BCUT2D eigenvalue weighted by Gasteiger charge is -2.08. The van der Waals surface area contributed by atoms with E-state index >= 15 is 0 Å². The lowest BCUT2D eigenvalue weighted by atomic mass is 10.2. The van der Waals surface area contributed by atoms with Gasteiger partial charge in [0.2, 0.25) is 0 Å². The maximum absolute atomic E-state index is 10.5. The van der Waals surface area contributed by atoms with Crippen LogP contribution in [0.15, 0.2) is 0 Å². The Balaban J connectivity index is 2.71. The zero-order valence-electron chi connectivity index (χ0n) is 5.33. The van der Waals surface area contributed by atoms with E-state index in [4.69, 9.17) is 5.11 Å². The second-order valence-corrected chi connectivity index (χ2v) is 1.92. The molecular formula is C5H7NO4. The number of aliphatic hydroxyl groups is 1. The van der Waals surface area contributed by atoms with Crippen molar-refractivity contribution in [3.63, 3.8) is 0 Å². The third-order valence-corrected chi connectivity index (χ3v) is 1.28. The van der Waals surface area contributed by atoms with Crippen molar-refractivity contribution < 1.29 is 19.4 Å². The van der Waals surface area contributed by atoms with Gasteiger partial charge in [0.1, 0.15) is 0 Å². The van der Waals surface area contributed by atoms with Gasteiger partial charge in [-0.3, -0.25) is 10.1 Å². The number of nitrogens with one attached hydrogen (secondary N) is 1. The molecule has 1 fully saturated rings. The van der Waals surface area contributed by atoms with Gasteiger partial charge in [0.15, 0.2) is 12.3 Å². The average molecular weight is 145 g/mol. The number of likely N-dealkylation sites (N-methyl/N-ethyl adjacent to an activating group) is 1. The van der Waals surface area contributed by atoms with Gasteiger partial charge in [-0.1, -0.05) is 0 Å². The van der Waals surface area contributed by atoms with Gasteiger partial charge in [-0.2, -0.15) is 0 Å². The van der Waals surface area contributed by atoms with Crippen LogP contribution in [0.25, 0.3) is 0 Å². The normalized spacial score (nSPS) is 32.6. The van der Waals surface area contributed by atoms with E-state index in [9.17, 15) is 9.59 Å². The predicted molar refractivity (Wildman–Crippen MR) is 30.0 cm³/mol. The Morgan fingerprint density at radius 3 is 2.40 bits per heavy atom. The molecule has 1 aliphatic heterocycles. The van der Waals surface area contributed by atoms with Crippen LogP contribution >= 0.6 is 0 Å². The summed E-state index contributed by atoms with van der Waals surface area (Å²) in [5.74, 6) is -1.87. The first-order valence-corrected chi connectivity index (χ1v) is 2.77. The Hall–Kier alpha value is -0.940. The molecule has 1 rings (SSSR count). The molecule has 0 aromatic carbocycles. The van der Waals surface area contributed by atoms with E-state index in [0.29, 0.717) is 0 Å². The highest BCUT2D eigenvalue weighted by Gasteiger charge is 2.41. The van der Waals surface area contributed by atoms with E-state index in [1.807, 2.05) is 0 Å². The Kier molecular flexibility index (Phi) is 1.69. The van der Waals surface area contributed by atoms with Crippen molar-refractivity contribution in [1.29, 1.82) is 0 Å². The van der Waals surface area contributed by atoms with Crippen molar-refractivity contribution in [3.05, 3.63) is 0 Å². The first-order chi connectivity index (χ1) is 4.66. The second-order valence-electron chi connectivity index (χ2n) is 1.92. The van der Waals surface area contributed by atoms with Crippen molar-refractivity contribution in [1.82, 2.24) is 5.32 Å². The molecular weight excluding hydrogens is 138 g/mol. The summed E-state index contributed by atoms with van der Waals surface area (Å²) in [7, 11) is 1.49. The van der Waals surface area contributed by atoms with E-state index in [-0.39, 0.29) is 0 Å². The minimum absolute atomic E-state index is 0.875. The molecule has 0 spiro atoms. The Morgan fingerprint density at radius 2 is 2.20 bits per heavy atom. The molecule has 2 unspecified atom stereocenters. The van der Waals surface area contributed by atoms with Gasteiger partial charge in [0, 0.05) is 0 Å². The van der Waals surface area contributed by atoms with Crippen LogP contribution in [0, 0.1) is 0 Å². The van der Waals surface area contributed by atoms with Crippen LogP contribution < -0.4 is 5.32 Å². The van der Waals surface area contributed by atoms with Gasteiger partial charge in [0.05, 0.1) is 0 Å². The van der Waals surface area contributed by atoms with Crippen LogP contribution in [0.1, 0.15) is 0 Å². The standard InChI is InChI=1S/C5H7NO4/c1-6-4-2(7)3(8)5(9)10-4/h2,4,6-7H,1H3. The highest BCUT2D eigenvalue weighted by atomic mass is 16.6. The van der Waals surface area contributed by atoms with Crippen LogP contribution in [0.2, 0.25) is 0 Å². The zero-order chi connectivity index (χ0) is 7.72. The molecule has 0 radical (unpaired) electrons. The van der Waals surface area contributed by atoms with Crippen molar-refractivity contribution >= 4 is 11.8 Å². The molecule has 10 heavy (non-hydrogen) atoms. The third kappa shape index (κ3) is 0.891. The summed E-state index contributed by atoms with van der Waals surface area (Å²) < 4.78 is 4.39. The number of ether oxygens (including phenoxy) is 1. The molecule has 0 aliphatic carbocycles. The summed E-state index contributed by atoms with van der Waals surface area (Å²) in [5, 5.41) is 11.3. The largest absolute Gasteiger partial charge is 0.437 e. The molecule has 2 atom stereocenters. The lowest BCUT2D eigenvalue weighted by Crippen LogP contribution is -2.36. The summed E-state index contributed by atoms with van der Waals surface area (Å²) >= 11 is 0. The SMILES string of the molecule is CNC1OC(=O)C(=O)C1O. The number of aliphatic hydroxyl groups excluding tert-OH is 1. The summed E-state index contributed by atoms with van der Waals surface area (Å²) in [6, 6.07) is 0. The number of cyclic esters (lactones) is 1. The van der Waals surface area contributed by atoms with Crippen LogP contribution in [0.3, 0.4) is 0 Å². The van der Waals surface area contributed by atoms with Gasteiger partial charge in [0.25, 0.3) is 5.78 Å². The van der Waals surface area contributed by atoms with E-state index in [1.165, 1.54) is 7.05 Å². The molecule has 5 heteroatoms. The van der Waals surface area contributed by atoms with Crippen molar-refractivity contribution in [3.8, 4) is 0 Å². The monoisotopic (exact) mass is 145 g/mol. The molecule has 2 N–H and O–H groups in total. The number of Topliss-reactive ketones (excluding diaryl/α,β-unsaturated/α-hetero) is 1. The maximum atomic E-state index is 10.5. The number of carbonyl (C=O) groups excluding carboxylic acids is 2. The van der Waals surface area contributed by atoms with Crippen LogP contribution in [-0.4, -0.2) is 36.2 Å². The second kappa shape index (κ2) is 2.36. The topological polar surface area (TPSA) is 75.6 Å². The number of hydrogen-bond donors (Lipinski definition) is 2. The van der Waals surface area contributed by atoms with Gasteiger partial charge in [-0.25, -0.2) is 4.79 Å². The molecule has 0 amide bonds. The Bertz CT molecular complexity index is 178. The molecule has 0 aromatic rings. The Labute approximate surface area is 57.0 Å². The van der Waals surface area contributed by atoms with Crippen molar-refractivity contribution in [2.45, 2.75) is 12.3 Å². The van der Waals surface area contributed by atoms with E-state index in [2.05, 4.69) is 10.1 Å². The smallest absolute Gasteiger partial charge is 0.379 e. The Morgan fingerprint density at radius 1 is 1.60 bits per heavy atom. The lowest BCUT2D eigenvalue weighted by molar-refractivity contribution is -0.149. The summed E-state index contributed by atoms with van der Waals surface area (Å²) in [6.07, 6.45) is -2.22. The van der Waals surface area contributed by atoms with E-state index < -0.39 is 24.1 Å². The van der Waals surface area contributed by atoms with Gasteiger partial charge < -0.3 is 9.84 Å². The minimum atomic E-state index is -1.35. The number of hydrogen-bond acceptors (Lipinski definition) is 5. The van der Waals surface area contributed by atoms with Gasteiger partial charge in [-0.15, -0.1) is 0 Å². The fraction of sp³-hybridized carbons (Fsp3) is 0.600. The van der Waals surface area contributed by atoms with E-state index in [1.54, 1.807) is 0 Å². The number of carbonyl (C=O) groups is 2. The quantitative estimate of drug-likeness (QED) is 0.330. The summed E-state index contributed by atoms with van der Waals surface area (Å²) in [6.45, 7) is 0. The highest BCUT2D eigenvalue weighted by molar-refractivity contribution is 6.37. The summed E-state index contributed by atoms with van der Waals surface area (Å²) in [5.41, 5.74) is 0. The average Bonchev–Trinajstić information content (AvgIpc) is 2.17. The van der Waals surface area contributed by atoms with Gasteiger partial charge >= 0.3 is 5.97 Å². The first-order valence-electron chi connectivity index (χ1n) is 2.77. The number of rotatable bonds is 1. The molecule has 1 saturated heterocycles. The fourth-order valence-electron chi connectivity index (χ4n) is 0.713. The molecule has 0 saturated carbocycles. The zero-order valence-corrected chi connectivity index (χ0v) is 5.33. The van der Waals surface area contributed by atoms with Crippen molar-refractivity contribution in [2.24, 2.45) is 0 Å². The number of esters is 1. The highest BCUT2D eigenvalue weighted by Crippen LogP contribution is 2.07. The van der Waals surface area contributed by atoms with Crippen molar-refractivity contribution in [2.75, 3.05) is 7.05 Å². The number of ketones is 1. The molecule has 5 nitrogen and oxygen atoms in total. The molecule has 1 aliphatic rings. The maximum Gasteiger partial charge on any atom is 0.379 e. The molecule has 56 valence electrons.